The van der Waals surface area contributed by atoms with Crippen molar-refractivity contribution in [1.82, 2.24) is 0 Å². The monoisotopic (exact) mass is 356 g/mol. The Kier molecular flexibility index (Phi) is 5.32. The topological polar surface area (TPSA) is 0 Å². The maximum absolute atomic E-state index is 6.31. The second-order valence-electron chi connectivity index (χ2n) is 4.70. The van der Waals surface area contributed by atoms with Crippen LogP contribution in [0.1, 0.15) is 22.6 Å². The van der Waals surface area contributed by atoms with Crippen LogP contribution in [0.3, 0.4) is 0 Å². The zero-order valence-electron chi connectivity index (χ0n) is 10.7. The second-order valence-corrected chi connectivity index (χ2v) is 6.19. The molecule has 1 unspecified atom stereocenters. The lowest BCUT2D eigenvalue weighted by Gasteiger charge is -2.16. The summed E-state index contributed by atoms with van der Waals surface area (Å²) in [5.41, 5.74) is 3.65. The molecule has 1 atom stereocenters. The highest BCUT2D eigenvalue weighted by molar-refractivity contribution is 9.09. The molecular formula is C16H15BrCl2. The van der Waals surface area contributed by atoms with Gasteiger partial charge in [-0.1, -0.05) is 63.4 Å². The van der Waals surface area contributed by atoms with Crippen molar-refractivity contribution in [3.63, 3.8) is 0 Å². The van der Waals surface area contributed by atoms with Gasteiger partial charge in [0.25, 0.3) is 0 Å². The molecule has 0 bridgehead atoms. The van der Waals surface area contributed by atoms with Gasteiger partial charge in [0, 0.05) is 15.4 Å². The smallest absolute Gasteiger partial charge is 0.0440 e. The van der Waals surface area contributed by atoms with Gasteiger partial charge < -0.3 is 0 Å². The zero-order chi connectivity index (χ0) is 13.8. The SMILES string of the molecule is Cc1ccc(CC(CBr)c2ccc(Cl)cc2)c(Cl)c1. The first-order valence-corrected chi connectivity index (χ1v) is 8.04. The molecule has 0 saturated carbocycles. The molecule has 2 aromatic rings. The number of aryl methyl sites for hydroxylation is 1. The van der Waals surface area contributed by atoms with Crippen molar-refractivity contribution in [2.24, 2.45) is 0 Å². The van der Waals surface area contributed by atoms with Crippen molar-refractivity contribution >= 4 is 39.1 Å². The third kappa shape index (κ3) is 3.98. The predicted octanol–water partition coefficient (Wildman–Crippen LogP) is 6.02. The molecule has 0 amide bonds. The summed E-state index contributed by atoms with van der Waals surface area (Å²) >= 11 is 15.8. The van der Waals surface area contributed by atoms with Crippen LogP contribution >= 0.6 is 39.1 Å². The molecular weight excluding hydrogens is 343 g/mol. The number of halogens is 3. The minimum atomic E-state index is 0.400. The van der Waals surface area contributed by atoms with Gasteiger partial charge in [-0.3, -0.25) is 0 Å². The summed E-state index contributed by atoms with van der Waals surface area (Å²) < 4.78 is 0. The van der Waals surface area contributed by atoms with Crippen LogP contribution in [0.15, 0.2) is 42.5 Å². The Balaban J connectivity index is 2.21. The molecule has 0 radical (unpaired) electrons. The normalized spacial score (nSPS) is 12.4. The molecule has 2 rings (SSSR count). The molecule has 0 N–H and O–H groups in total. The lowest BCUT2D eigenvalue weighted by molar-refractivity contribution is 0.775. The van der Waals surface area contributed by atoms with Crippen molar-refractivity contribution in [3.05, 3.63) is 69.2 Å². The number of rotatable bonds is 4. The molecule has 3 heteroatoms. The average Bonchev–Trinajstić information content (AvgIpc) is 2.39. The summed E-state index contributed by atoms with van der Waals surface area (Å²) in [4.78, 5) is 0. The first-order chi connectivity index (χ1) is 9.10. The van der Waals surface area contributed by atoms with Gasteiger partial charge >= 0.3 is 0 Å². The van der Waals surface area contributed by atoms with E-state index in [2.05, 4.69) is 47.1 Å². The fourth-order valence-corrected chi connectivity index (χ4v) is 3.12. The van der Waals surface area contributed by atoms with Crippen LogP contribution in [0.5, 0.6) is 0 Å². The summed E-state index contributed by atoms with van der Waals surface area (Å²) in [5, 5.41) is 2.52. The predicted molar refractivity (Wildman–Crippen MR) is 87.9 cm³/mol. The first-order valence-electron chi connectivity index (χ1n) is 6.16. The molecule has 0 aliphatic heterocycles. The van der Waals surface area contributed by atoms with E-state index in [1.54, 1.807) is 0 Å². The maximum atomic E-state index is 6.31. The molecule has 2 aromatic carbocycles. The third-order valence-electron chi connectivity index (χ3n) is 3.20. The summed E-state index contributed by atoms with van der Waals surface area (Å²) in [6, 6.07) is 14.3. The Bertz CT molecular complexity index is 549. The Morgan fingerprint density at radius 3 is 2.32 bits per heavy atom. The molecule has 19 heavy (non-hydrogen) atoms. The van der Waals surface area contributed by atoms with Crippen LogP contribution in [-0.4, -0.2) is 5.33 Å². The fraction of sp³-hybridized carbons (Fsp3) is 0.250. The summed E-state index contributed by atoms with van der Waals surface area (Å²) in [5.74, 6) is 0.400. The molecule has 0 nitrogen and oxygen atoms in total. The first kappa shape index (κ1) is 14.9. The number of benzene rings is 2. The summed E-state index contributed by atoms with van der Waals surface area (Å²) in [6.45, 7) is 2.05. The van der Waals surface area contributed by atoms with E-state index in [0.717, 1.165) is 21.8 Å². The van der Waals surface area contributed by atoms with Crippen molar-refractivity contribution in [2.75, 3.05) is 5.33 Å². The minimum Gasteiger partial charge on any atom is -0.0921 e. The Hall–Kier alpha value is -0.500. The van der Waals surface area contributed by atoms with Crippen LogP contribution in [-0.2, 0) is 6.42 Å². The van der Waals surface area contributed by atoms with Crippen LogP contribution in [0.2, 0.25) is 10.0 Å². The number of hydrogen-bond donors (Lipinski definition) is 0. The van der Waals surface area contributed by atoms with E-state index in [0.29, 0.717) is 5.92 Å². The van der Waals surface area contributed by atoms with Crippen LogP contribution < -0.4 is 0 Å². The lowest BCUT2D eigenvalue weighted by Crippen LogP contribution is -2.05. The van der Waals surface area contributed by atoms with Crippen molar-refractivity contribution in [2.45, 2.75) is 19.3 Å². The Morgan fingerprint density at radius 1 is 1.05 bits per heavy atom. The van der Waals surface area contributed by atoms with Crippen molar-refractivity contribution < 1.29 is 0 Å². The fourth-order valence-electron chi connectivity index (χ4n) is 2.08. The zero-order valence-corrected chi connectivity index (χ0v) is 13.8. The molecule has 0 heterocycles. The van der Waals surface area contributed by atoms with Crippen LogP contribution in [0, 0.1) is 6.92 Å². The molecule has 0 aliphatic carbocycles. The van der Waals surface area contributed by atoms with E-state index < -0.39 is 0 Å². The van der Waals surface area contributed by atoms with Gasteiger partial charge in [-0.15, -0.1) is 0 Å². The van der Waals surface area contributed by atoms with Gasteiger partial charge in [0.15, 0.2) is 0 Å². The van der Waals surface area contributed by atoms with Crippen LogP contribution in [0.25, 0.3) is 0 Å². The van der Waals surface area contributed by atoms with E-state index in [1.807, 2.05) is 18.2 Å². The van der Waals surface area contributed by atoms with E-state index in [-0.39, 0.29) is 0 Å². The number of hydrogen-bond acceptors (Lipinski definition) is 0. The second kappa shape index (κ2) is 6.78. The summed E-state index contributed by atoms with van der Waals surface area (Å²) in [6.07, 6.45) is 0.923. The van der Waals surface area contributed by atoms with E-state index in [4.69, 9.17) is 23.2 Å². The molecule has 0 spiro atoms. The minimum absolute atomic E-state index is 0.400. The molecule has 0 aromatic heterocycles. The van der Waals surface area contributed by atoms with Gasteiger partial charge in [0.1, 0.15) is 0 Å². The molecule has 0 saturated heterocycles. The number of alkyl halides is 1. The van der Waals surface area contributed by atoms with E-state index >= 15 is 0 Å². The lowest BCUT2D eigenvalue weighted by atomic mass is 9.93. The Morgan fingerprint density at radius 2 is 1.74 bits per heavy atom. The van der Waals surface area contributed by atoms with E-state index in [1.165, 1.54) is 16.7 Å². The molecule has 0 fully saturated rings. The highest BCUT2D eigenvalue weighted by Gasteiger charge is 2.13. The van der Waals surface area contributed by atoms with Gasteiger partial charge in [0.05, 0.1) is 0 Å². The third-order valence-corrected chi connectivity index (χ3v) is 4.59. The van der Waals surface area contributed by atoms with E-state index in [9.17, 15) is 0 Å². The van der Waals surface area contributed by atoms with Crippen molar-refractivity contribution in [1.29, 1.82) is 0 Å². The quantitative estimate of drug-likeness (QED) is 0.586. The van der Waals surface area contributed by atoms with Crippen molar-refractivity contribution in [3.8, 4) is 0 Å². The van der Waals surface area contributed by atoms with Gasteiger partial charge in [-0.2, -0.15) is 0 Å². The molecule has 100 valence electrons. The standard InChI is InChI=1S/C16H15BrCl2/c1-11-2-3-13(16(19)8-11)9-14(10-17)12-4-6-15(18)7-5-12/h2-8,14H,9-10H2,1H3. The van der Waals surface area contributed by atoms with Gasteiger partial charge in [-0.25, -0.2) is 0 Å². The van der Waals surface area contributed by atoms with Crippen LogP contribution in [0.4, 0.5) is 0 Å². The average molecular weight is 358 g/mol. The largest absolute Gasteiger partial charge is 0.0921 e. The summed E-state index contributed by atoms with van der Waals surface area (Å²) in [7, 11) is 0. The molecule has 0 aliphatic rings. The van der Waals surface area contributed by atoms with Gasteiger partial charge in [0.2, 0.25) is 0 Å². The van der Waals surface area contributed by atoms with Gasteiger partial charge in [-0.05, 0) is 54.2 Å². The highest BCUT2D eigenvalue weighted by Crippen LogP contribution is 2.28. The highest BCUT2D eigenvalue weighted by atomic mass is 79.9. The Labute approximate surface area is 132 Å². The maximum Gasteiger partial charge on any atom is 0.0440 e.